The molecule has 1 heterocycles. The van der Waals surface area contributed by atoms with E-state index in [4.69, 9.17) is 9.47 Å². The monoisotopic (exact) mass is 262 g/mol. The molecule has 1 aliphatic rings. The number of rotatable bonds is 1. The van der Waals surface area contributed by atoms with Gasteiger partial charge in [-0.05, 0) is 13.8 Å². The van der Waals surface area contributed by atoms with Crippen LogP contribution < -0.4 is 0 Å². The quantitative estimate of drug-likeness (QED) is 0.675. The molecule has 14 heavy (non-hydrogen) atoms. The van der Waals surface area contributed by atoms with Gasteiger partial charge in [-0.15, -0.1) is 0 Å². The molecule has 2 atom stereocenters. The van der Waals surface area contributed by atoms with Crippen LogP contribution in [0.25, 0.3) is 0 Å². The summed E-state index contributed by atoms with van der Waals surface area (Å²) in [5.74, 6) is 1.29. The van der Waals surface area contributed by atoms with Gasteiger partial charge < -0.3 is 9.47 Å². The Bertz CT molecular complexity index is 278. The third-order valence-electron chi connectivity index (χ3n) is 2.15. The predicted molar refractivity (Wildman–Crippen MR) is 60.5 cm³/mol. The normalized spacial score (nSPS) is 31.9. The van der Waals surface area contributed by atoms with Gasteiger partial charge in [0, 0.05) is 5.33 Å². The fraction of sp³-hybridized carbons (Fsp3) is 0.778. The minimum atomic E-state index is -0.452. The van der Waals surface area contributed by atoms with Gasteiger partial charge in [0.25, 0.3) is 0 Å². The highest BCUT2D eigenvalue weighted by Gasteiger charge is 2.36. The molecule has 0 aromatic heterocycles. The zero-order chi connectivity index (χ0) is 10.8. The van der Waals surface area contributed by atoms with Crippen LogP contribution in [0.3, 0.4) is 0 Å². The molecule has 0 aromatic rings. The molecule has 0 bridgehead atoms. The van der Waals surface area contributed by atoms with Crippen LogP contribution in [0.2, 0.25) is 0 Å². The molecule has 0 radical (unpaired) electrons. The van der Waals surface area contributed by atoms with Crippen LogP contribution in [0.4, 0.5) is 0 Å². The summed E-state index contributed by atoms with van der Waals surface area (Å²) >= 11 is 3.40. The first-order chi connectivity index (χ1) is 6.57. The number of aliphatic imine (C=N–C) groups is 2. The average molecular weight is 263 g/mol. The Kier molecular flexibility index (Phi) is 3.53. The third-order valence-corrected chi connectivity index (χ3v) is 3.24. The lowest BCUT2D eigenvalue weighted by Gasteiger charge is -2.29. The lowest BCUT2D eigenvalue weighted by atomic mass is 10.0. The molecular weight excluding hydrogens is 248 g/mol. The first-order valence-corrected chi connectivity index (χ1v) is 5.51. The van der Waals surface area contributed by atoms with E-state index in [9.17, 15) is 0 Å². The minimum absolute atomic E-state index is 0.0675. The number of ether oxygens (including phenoxy) is 2. The summed E-state index contributed by atoms with van der Waals surface area (Å²) in [6, 6.07) is -0.0675. The Balaban J connectivity index is 3.03. The largest absolute Gasteiger partial charge is 0.483 e. The molecule has 0 fully saturated rings. The van der Waals surface area contributed by atoms with Gasteiger partial charge in [-0.1, -0.05) is 15.9 Å². The standard InChI is InChI=1S/C9H15BrN2O2/c1-6-7(13-3)12-9(2,5-10)8(11-6)14-4/h6H,5H2,1-4H3/t6-,9+/m0/s1. The van der Waals surface area contributed by atoms with Crippen LogP contribution in [-0.2, 0) is 9.47 Å². The van der Waals surface area contributed by atoms with Crippen molar-refractivity contribution in [2.24, 2.45) is 9.98 Å². The van der Waals surface area contributed by atoms with Crippen LogP contribution in [0.1, 0.15) is 13.8 Å². The summed E-state index contributed by atoms with van der Waals surface area (Å²) in [5.41, 5.74) is -0.452. The summed E-state index contributed by atoms with van der Waals surface area (Å²) in [7, 11) is 3.22. The van der Waals surface area contributed by atoms with E-state index in [1.807, 2.05) is 13.8 Å². The zero-order valence-corrected chi connectivity index (χ0v) is 10.5. The summed E-state index contributed by atoms with van der Waals surface area (Å²) in [6.07, 6.45) is 0. The average Bonchev–Trinajstić information content (AvgIpc) is 2.21. The molecule has 0 spiro atoms. The summed E-state index contributed by atoms with van der Waals surface area (Å²) in [4.78, 5) is 8.86. The fourth-order valence-electron chi connectivity index (χ4n) is 1.33. The molecule has 0 aliphatic carbocycles. The van der Waals surface area contributed by atoms with Crippen molar-refractivity contribution in [2.75, 3.05) is 19.5 Å². The second-order valence-electron chi connectivity index (χ2n) is 3.38. The molecule has 0 saturated heterocycles. The van der Waals surface area contributed by atoms with Crippen molar-refractivity contribution in [3.8, 4) is 0 Å². The maximum Gasteiger partial charge on any atom is 0.213 e. The van der Waals surface area contributed by atoms with Gasteiger partial charge in [0.15, 0.2) is 0 Å². The van der Waals surface area contributed by atoms with Crippen molar-refractivity contribution in [1.29, 1.82) is 0 Å². The van der Waals surface area contributed by atoms with Crippen molar-refractivity contribution < 1.29 is 9.47 Å². The van der Waals surface area contributed by atoms with E-state index in [1.54, 1.807) is 14.2 Å². The number of nitrogens with zero attached hydrogens (tertiary/aromatic N) is 2. The van der Waals surface area contributed by atoms with Crippen LogP contribution >= 0.6 is 15.9 Å². The topological polar surface area (TPSA) is 43.2 Å². The van der Waals surface area contributed by atoms with Crippen molar-refractivity contribution in [3.05, 3.63) is 0 Å². The van der Waals surface area contributed by atoms with E-state index >= 15 is 0 Å². The third kappa shape index (κ3) is 1.92. The highest BCUT2D eigenvalue weighted by atomic mass is 79.9. The molecule has 1 aliphatic heterocycles. The number of halogens is 1. The molecule has 0 saturated carbocycles. The predicted octanol–water partition coefficient (Wildman–Crippen LogP) is 1.63. The summed E-state index contributed by atoms with van der Waals surface area (Å²) in [6.45, 7) is 3.88. The second kappa shape index (κ2) is 4.29. The van der Waals surface area contributed by atoms with E-state index in [0.717, 1.165) is 0 Å². The number of hydrogen-bond acceptors (Lipinski definition) is 4. The molecule has 0 N–H and O–H groups in total. The Morgan fingerprint density at radius 2 is 2.07 bits per heavy atom. The highest BCUT2D eigenvalue weighted by Crippen LogP contribution is 2.23. The molecule has 0 amide bonds. The zero-order valence-electron chi connectivity index (χ0n) is 8.87. The number of alkyl halides is 1. The summed E-state index contributed by atoms with van der Waals surface area (Å²) < 4.78 is 10.4. The van der Waals surface area contributed by atoms with Crippen LogP contribution in [0.15, 0.2) is 9.98 Å². The Labute approximate surface area is 92.5 Å². The smallest absolute Gasteiger partial charge is 0.213 e. The molecule has 0 unspecified atom stereocenters. The first kappa shape index (κ1) is 11.5. The Hall–Kier alpha value is -0.580. The van der Waals surface area contributed by atoms with E-state index < -0.39 is 5.54 Å². The minimum Gasteiger partial charge on any atom is -0.483 e. The lowest BCUT2D eigenvalue weighted by Crippen LogP contribution is -2.43. The van der Waals surface area contributed by atoms with Crippen LogP contribution in [0, 0.1) is 0 Å². The van der Waals surface area contributed by atoms with E-state index in [-0.39, 0.29) is 6.04 Å². The highest BCUT2D eigenvalue weighted by molar-refractivity contribution is 9.09. The maximum absolute atomic E-state index is 5.22. The van der Waals surface area contributed by atoms with Gasteiger partial charge >= 0.3 is 0 Å². The molecule has 5 heteroatoms. The first-order valence-electron chi connectivity index (χ1n) is 4.39. The van der Waals surface area contributed by atoms with Gasteiger partial charge in [0.05, 0.1) is 14.2 Å². The van der Waals surface area contributed by atoms with E-state index in [2.05, 4.69) is 25.9 Å². The van der Waals surface area contributed by atoms with Gasteiger partial charge in [-0.2, -0.15) is 0 Å². The Morgan fingerprint density at radius 3 is 2.50 bits per heavy atom. The Morgan fingerprint density at radius 1 is 1.43 bits per heavy atom. The maximum atomic E-state index is 5.22. The van der Waals surface area contributed by atoms with E-state index in [1.165, 1.54) is 0 Å². The van der Waals surface area contributed by atoms with Crippen molar-refractivity contribution in [3.63, 3.8) is 0 Å². The molecule has 1 rings (SSSR count). The van der Waals surface area contributed by atoms with Crippen LogP contribution in [-0.4, -0.2) is 42.9 Å². The van der Waals surface area contributed by atoms with Crippen LogP contribution in [0.5, 0.6) is 0 Å². The molecule has 0 aromatic carbocycles. The molecular formula is C9H15BrN2O2. The number of methoxy groups -OCH3 is 2. The lowest BCUT2D eigenvalue weighted by molar-refractivity contribution is 0.332. The second-order valence-corrected chi connectivity index (χ2v) is 3.94. The van der Waals surface area contributed by atoms with Gasteiger partial charge in [0.2, 0.25) is 11.8 Å². The van der Waals surface area contributed by atoms with Crippen molar-refractivity contribution >= 4 is 27.7 Å². The van der Waals surface area contributed by atoms with Gasteiger partial charge in [-0.3, -0.25) is 0 Å². The van der Waals surface area contributed by atoms with E-state index in [0.29, 0.717) is 17.1 Å². The fourth-order valence-corrected chi connectivity index (χ4v) is 1.70. The van der Waals surface area contributed by atoms with Gasteiger partial charge in [-0.25, -0.2) is 9.98 Å². The molecule has 80 valence electrons. The van der Waals surface area contributed by atoms with Crippen molar-refractivity contribution in [2.45, 2.75) is 25.4 Å². The van der Waals surface area contributed by atoms with Crippen molar-refractivity contribution in [1.82, 2.24) is 0 Å². The summed E-state index contributed by atoms with van der Waals surface area (Å²) in [5, 5.41) is 0.659. The number of hydrogen-bond donors (Lipinski definition) is 0. The SMILES string of the molecule is COC1=N[C@](C)(CBr)C(OC)=N[C@H]1C. The molecule has 4 nitrogen and oxygen atoms in total. The van der Waals surface area contributed by atoms with Gasteiger partial charge in [0.1, 0.15) is 11.6 Å².